The number of halogens is 3. The molecule has 0 saturated carbocycles. The number of hydrogen-bond donors (Lipinski definition) is 1. The molecule has 108 valence electrons. The highest BCUT2D eigenvalue weighted by Gasteiger charge is 2.29. The van der Waals surface area contributed by atoms with E-state index in [1.54, 1.807) is 26.0 Å². The summed E-state index contributed by atoms with van der Waals surface area (Å²) in [4.78, 5) is 0. The first-order chi connectivity index (χ1) is 9.84. The molecule has 0 aliphatic rings. The minimum Gasteiger partial charge on any atom is -0.364 e. The van der Waals surface area contributed by atoms with Crippen LogP contribution >= 0.6 is 15.9 Å². The standard InChI is InChI=1S/C16H13BrF2N2/c1-10-5-12(18)8-13(6-10)21-16(2,9-20)14-4-3-11(17)7-15(14)19/h3-8,21H,1-2H3. The number of aryl methyl sites for hydroxylation is 1. The third-order valence-electron chi connectivity index (χ3n) is 3.13. The first-order valence-corrected chi connectivity index (χ1v) is 7.05. The fraction of sp³-hybridized carbons (Fsp3) is 0.188. The molecule has 0 saturated heterocycles. The van der Waals surface area contributed by atoms with E-state index in [2.05, 4.69) is 27.3 Å². The van der Waals surface area contributed by atoms with Gasteiger partial charge in [0.05, 0.1) is 6.07 Å². The number of nitrogens with zero attached hydrogens (tertiary/aromatic N) is 1. The van der Waals surface area contributed by atoms with Gasteiger partial charge < -0.3 is 5.32 Å². The third kappa shape index (κ3) is 3.40. The van der Waals surface area contributed by atoms with Gasteiger partial charge in [-0.15, -0.1) is 0 Å². The van der Waals surface area contributed by atoms with Gasteiger partial charge >= 0.3 is 0 Å². The van der Waals surface area contributed by atoms with Gasteiger partial charge in [-0.05, 0) is 49.7 Å². The van der Waals surface area contributed by atoms with E-state index in [9.17, 15) is 14.0 Å². The highest BCUT2D eigenvalue weighted by Crippen LogP contribution is 2.30. The number of anilines is 1. The van der Waals surface area contributed by atoms with Crippen molar-refractivity contribution in [2.24, 2.45) is 0 Å². The van der Waals surface area contributed by atoms with Gasteiger partial charge in [0.1, 0.15) is 11.6 Å². The highest BCUT2D eigenvalue weighted by atomic mass is 79.9. The van der Waals surface area contributed by atoms with Gasteiger partial charge in [0.15, 0.2) is 5.54 Å². The summed E-state index contributed by atoms with van der Waals surface area (Å²) < 4.78 is 28.1. The molecule has 2 nitrogen and oxygen atoms in total. The largest absolute Gasteiger partial charge is 0.364 e. The molecule has 1 atom stereocenters. The lowest BCUT2D eigenvalue weighted by molar-refractivity contribution is 0.569. The van der Waals surface area contributed by atoms with E-state index in [0.29, 0.717) is 15.7 Å². The summed E-state index contributed by atoms with van der Waals surface area (Å²) in [5.41, 5.74) is 0.0495. The zero-order valence-corrected chi connectivity index (χ0v) is 13.1. The number of benzene rings is 2. The van der Waals surface area contributed by atoms with Crippen molar-refractivity contribution >= 4 is 21.6 Å². The SMILES string of the molecule is Cc1cc(F)cc(NC(C)(C#N)c2ccc(Br)cc2F)c1. The summed E-state index contributed by atoms with van der Waals surface area (Å²) in [6.07, 6.45) is 0. The molecule has 2 aromatic carbocycles. The molecule has 0 heterocycles. The molecule has 0 radical (unpaired) electrons. The van der Waals surface area contributed by atoms with Crippen molar-refractivity contribution in [2.45, 2.75) is 19.4 Å². The van der Waals surface area contributed by atoms with Crippen LogP contribution in [0.1, 0.15) is 18.1 Å². The van der Waals surface area contributed by atoms with Crippen molar-refractivity contribution in [1.82, 2.24) is 0 Å². The summed E-state index contributed by atoms with van der Waals surface area (Å²) in [6.45, 7) is 3.30. The Morgan fingerprint density at radius 2 is 1.90 bits per heavy atom. The van der Waals surface area contributed by atoms with Gasteiger partial charge in [-0.3, -0.25) is 0 Å². The Labute approximate surface area is 130 Å². The zero-order valence-electron chi connectivity index (χ0n) is 11.5. The van der Waals surface area contributed by atoms with Gasteiger partial charge in [-0.25, -0.2) is 8.78 Å². The van der Waals surface area contributed by atoms with Crippen LogP contribution in [0.25, 0.3) is 0 Å². The number of hydrogen-bond acceptors (Lipinski definition) is 2. The summed E-state index contributed by atoms with van der Waals surface area (Å²) in [5, 5.41) is 12.4. The summed E-state index contributed by atoms with van der Waals surface area (Å²) in [6, 6.07) is 10.9. The monoisotopic (exact) mass is 350 g/mol. The van der Waals surface area contributed by atoms with Gasteiger partial charge in [-0.1, -0.05) is 22.0 Å². The first kappa shape index (κ1) is 15.5. The van der Waals surface area contributed by atoms with Crippen LogP contribution in [0.3, 0.4) is 0 Å². The molecule has 0 spiro atoms. The maximum atomic E-state index is 14.1. The van der Waals surface area contributed by atoms with Crippen LogP contribution in [0, 0.1) is 29.9 Å². The summed E-state index contributed by atoms with van der Waals surface area (Å²) in [7, 11) is 0. The molecule has 2 aromatic rings. The van der Waals surface area contributed by atoms with Crippen LogP contribution in [0.5, 0.6) is 0 Å². The minimum atomic E-state index is -1.30. The number of rotatable bonds is 3. The van der Waals surface area contributed by atoms with Crippen molar-refractivity contribution in [3.8, 4) is 6.07 Å². The summed E-state index contributed by atoms with van der Waals surface area (Å²) >= 11 is 3.18. The van der Waals surface area contributed by atoms with E-state index in [4.69, 9.17) is 0 Å². The molecule has 0 aromatic heterocycles. The fourth-order valence-corrected chi connectivity index (χ4v) is 2.48. The van der Waals surface area contributed by atoms with E-state index in [1.165, 1.54) is 24.3 Å². The topological polar surface area (TPSA) is 35.8 Å². The lowest BCUT2D eigenvalue weighted by Crippen LogP contribution is -2.31. The van der Waals surface area contributed by atoms with E-state index >= 15 is 0 Å². The average molecular weight is 351 g/mol. The van der Waals surface area contributed by atoms with Gasteiger partial charge in [0, 0.05) is 15.7 Å². The smallest absolute Gasteiger partial charge is 0.151 e. The second-order valence-corrected chi connectivity index (χ2v) is 5.92. The van der Waals surface area contributed by atoms with Crippen molar-refractivity contribution in [1.29, 1.82) is 5.26 Å². The normalized spacial score (nSPS) is 13.3. The Kier molecular flexibility index (Phi) is 4.29. The van der Waals surface area contributed by atoms with Crippen LogP contribution in [0.2, 0.25) is 0 Å². The second-order valence-electron chi connectivity index (χ2n) is 5.00. The predicted octanol–water partition coefficient (Wildman–Crippen LogP) is 4.89. The van der Waals surface area contributed by atoms with E-state index < -0.39 is 17.2 Å². The van der Waals surface area contributed by atoms with E-state index in [-0.39, 0.29) is 5.56 Å². The minimum absolute atomic E-state index is 0.204. The van der Waals surface area contributed by atoms with Gasteiger partial charge in [0.25, 0.3) is 0 Å². The molecule has 0 bridgehead atoms. The molecule has 1 N–H and O–H groups in total. The molecule has 1 unspecified atom stereocenters. The average Bonchev–Trinajstić information content (AvgIpc) is 2.37. The second kappa shape index (κ2) is 5.82. The molecule has 5 heteroatoms. The molecular weight excluding hydrogens is 338 g/mol. The lowest BCUT2D eigenvalue weighted by Gasteiger charge is -2.26. The number of nitrogens with one attached hydrogen (secondary N) is 1. The predicted molar refractivity (Wildman–Crippen MR) is 81.8 cm³/mol. The Hall–Kier alpha value is -1.93. The molecule has 21 heavy (non-hydrogen) atoms. The van der Waals surface area contributed by atoms with Crippen LogP contribution in [0.15, 0.2) is 40.9 Å². The van der Waals surface area contributed by atoms with Crippen LogP contribution in [-0.4, -0.2) is 0 Å². The Balaban J connectivity index is 2.44. The van der Waals surface area contributed by atoms with Crippen molar-refractivity contribution in [3.63, 3.8) is 0 Å². The van der Waals surface area contributed by atoms with Crippen molar-refractivity contribution in [2.75, 3.05) is 5.32 Å². The first-order valence-electron chi connectivity index (χ1n) is 6.26. The van der Waals surface area contributed by atoms with Gasteiger partial charge in [-0.2, -0.15) is 5.26 Å². The Morgan fingerprint density at radius 1 is 1.19 bits per heavy atom. The van der Waals surface area contributed by atoms with Gasteiger partial charge in [0.2, 0.25) is 0 Å². The molecule has 0 fully saturated rings. The fourth-order valence-electron chi connectivity index (χ4n) is 2.15. The van der Waals surface area contributed by atoms with Crippen molar-refractivity contribution in [3.05, 3.63) is 63.6 Å². The molecule has 0 aliphatic carbocycles. The quantitative estimate of drug-likeness (QED) is 0.855. The molecule has 0 amide bonds. The molecular formula is C16H13BrF2N2. The van der Waals surface area contributed by atoms with Crippen molar-refractivity contribution < 1.29 is 8.78 Å². The Bertz CT molecular complexity index is 704. The maximum absolute atomic E-state index is 14.1. The van der Waals surface area contributed by atoms with Crippen LogP contribution in [0.4, 0.5) is 14.5 Å². The lowest BCUT2D eigenvalue weighted by atomic mass is 9.92. The molecule has 0 aliphatic heterocycles. The van der Waals surface area contributed by atoms with E-state index in [0.717, 1.165) is 0 Å². The van der Waals surface area contributed by atoms with E-state index in [1.807, 2.05) is 0 Å². The third-order valence-corrected chi connectivity index (χ3v) is 3.62. The van der Waals surface area contributed by atoms with Crippen LogP contribution < -0.4 is 5.32 Å². The molecule has 2 rings (SSSR count). The maximum Gasteiger partial charge on any atom is 0.151 e. The number of nitriles is 1. The summed E-state index contributed by atoms with van der Waals surface area (Å²) in [5.74, 6) is -0.914. The zero-order chi connectivity index (χ0) is 15.6. The highest BCUT2D eigenvalue weighted by molar-refractivity contribution is 9.10. The Morgan fingerprint density at radius 3 is 2.48 bits per heavy atom. The van der Waals surface area contributed by atoms with Crippen LogP contribution in [-0.2, 0) is 5.54 Å².